The highest BCUT2D eigenvalue weighted by Gasteiger charge is 2.21. The molecule has 6 nitrogen and oxygen atoms in total. The van der Waals surface area contributed by atoms with Gasteiger partial charge in [-0.2, -0.15) is 0 Å². The molecule has 1 aromatic rings. The number of carbonyl (C=O) groups is 1. The third kappa shape index (κ3) is 5.40. The van der Waals surface area contributed by atoms with Crippen LogP contribution in [0.3, 0.4) is 0 Å². The molecule has 0 fully saturated rings. The van der Waals surface area contributed by atoms with E-state index >= 15 is 0 Å². The molecule has 0 aromatic carbocycles. The summed E-state index contributed by atoms with van der Waals surface area (Å²) in [6.45, 7) is 3.21. The van der Waals surface area contributed by atoms with Gasteiger partial charge in [-0.1, -0.05) is 13.3 Å². The van der Waals surface area contributed by atoms with Gasteiger partial charge in [-0.25, -0.2) is 4.98 Å². The summed E-state index contributed by atoms with van der Waals surface area (Å²) in [5.74, 6) is -0.138. The smallest absolute Gasteiger partial charge is 0.222 e. The molecule has 1 heterocycles. The SMILES string of the molecule is CCCC(CC(=O)NCC(C)(O)CO)n1ccnc1. The number of amides is 1. The summed E-state index contributed by atoms with van der Waals surface area (Å²) >= 11 is 0. The number of aliphatic hydroxyl groups is 2. The number of hydrogen-bond acceptors (Lipinski definition) is 4. The van der Waals surface area contributed by atoms with Crippen LogP contribution in [0.5, 0.6) is 0 Å². The largest absolute Gasteiger partial charge is 0.393 e. The summed E-state index contributed by atoms with van der Waals surface area (Å²) < 4.78 is 1.92. The van der Waals surface area contributed by atoms with E-state index in [0.717, 1.165) is 12.8 Å². The highest BCUT2D eigenvalue weighted by Crippen LogP contribution is 2.17. The first-order valence-corrected chi connectivity index (χ1v) is 6.56. The molecule has 0 aliphatic rings. The second kappa shape index (κ2) is 7.25. The van der Waals surface area contributed by atoms with Gasteiger partial charge in [0, 0.05) is 31.4 Å². The van der Waals surface area contributed by atoms with Crippen molar-refractivity contribution in [3.05, 3.63) is 18.7 Å². The number of nitrogens with zero attached hydrogens (tertiary/aromatic N) is 2. The van der Waals surface area contributed by atoms with Crippen LogP contribution in [-0.4, -0.2) is 44.4 Å². The predicted molar refractivity (Wildman–Crippen MR) is 71.5 cm³/mol. The van der Waals surface area contributed by atoms with Gasteiger partial charge in [0.1, 0.15) is 5.60 Å². The minimum atomic E-state index is -1.27. The molecule has 2 atom stereocenters. The topological polar surface area (TPSA) is 87.4 Å². The van der Waals surface area contributed by atoms with E-state index in [1.54, 1.807) is 12.5 Å². The zero-order chi connectivity index (χ0) is 14.3. The highest BCUT2D eigenvalue weighted by atomic mass is 16.3. The molecule has 0 radical (unpaired) electrons. The van der Waals surface area contributed by atoms with Crippen molar-refractivity contribution in [1.82, 2.24) is 14.9 Å². The van der Waals surface area contributed by atoms with Crippen LogP contribution >= 0.6 is 0 Å². The van der Waals surface area contributed by atoms with Crippen LogP contribution < -0.4 is 5.32 Å². The van der Waals surface area contributed by atoms with E-state index in [1.165, 1.54) is 6.92 Å². The molecule has 2 unspecified atom stereocenters. The first-order chi connectivity index (χ1) is 8.98. The van der Waals surface area contributed by atoms with E-state index in [2.05, 4.69) is 17.2 Å². The Morgan fingerprint density at radius 2 is 2.32 bits per heavy atom. The molecule has 1 amide bonds. The van der Waals surface area contributed by atoms with Crippen LogP contribution in [-0.2, 0) is 4.79 Å². The van der Waals surface area contributed by atoms with Gasteiger partial charge in [-0.3, -0.25) is 4.79 Å². The van der Waals surface area contributed by atoms with Crippen LogP contribution in [0.1, 0.15) is 39.2 Å². The molecule has 0 saturated heterocycles. The van der Waals surface area contributed by atoms with E-state index in [4.69, 9.17) is 5.11 Å². The van der Waals surface area contributed by atoms with Crippen molar-refractivity contribution in [2.75, 3.05) is 13.2 Å². The van der Waals surface area contributed by atoms with Gasteiger partial charge < -0.3 is 20.1 Å². The van der Waals surface area contributed by atoms with Crippen molar-refractivity contribution in [3.8, 4) is 0 Å². The first kappa shape index (κ1) is 15.7. The molecule has 108 valence electrons. The standard InChI is InChI=1S/C13H23N3O3/c1-3-4-11(16-6-5-14-10-16)7-12(18)15-8-13(2,19)9-17/h5-6,10-11,17,19H,3-4,7-9H2,1-2H3,(H,15,18). The molecule has 1 aromatic heterocycles. The van der Waals surface area contributed by atoms with Crippen molar-refractivity contribution >= 4 is 5.91 Å². The van der Waals surface area contributed by atoms with Crippen molar-refractivity contribution in [2.45, 2.75) is 44.8 Å². The zero-order valence-electron chi connectivity index (χ0n) is 11.5. The molecular weight excluding hydrogens is 246 g/mol. The average Bonchev–Trinajstić information content (AvgIpc) is 2.90. The summed E-state index contributed by atoms with van der Waals surface area (Å²) in [5, 5.41) is 21.2. The van der Waals surface area contributed by atoms with Gasteiger partial charge in [-0.05, 0) is 13.3 Å². The third-order valence-electron chi connectivity index (χ3n) is 3.00. The summed E-state index contributed by atoms with van der Waals surface area (Å²) in [5.41, 5.74) is -1.27. The maximum atomic E-state index is 11.8. The predicted octanol–water partition coefficient (Wildman–Crippen LogP) is 0.474. The first-order valence-electron chi connectivity index (χ1n) is 6.56. The summed E-state index contributed by atoms with van der Waals surface area (Å²) in [7, 11) is 0. The Kier molecular flexibility index (Phi) is 5.98. The highest BCUT2D eigenvalue weighted by molar-refractivity contribution is 5.76. The number of rotatable bonds is 8. The number of nitrogens with one attached hydrogen (secondary N) is 1. The Bertz CT molecular complexity index is 376. The monoisotopic (exact) mass is 269 g/mol. The van der Waals surface area contributed by atoms with E-state index < -0.39 is 5.60 Å². The van der Waals surface area contributed by atoms with E-state index in [0.29, 0.717) is 6.42 Å². The second-order valence-corrected chi connectivity index (χ2v) is 5.09. The Morgan fingerprint density at radius 3 is 2.84 bits per heavy atom. The number of aromatic nitrogens is 2. The summed E-state index contributed by atoms with van der Waals surface area (Å²) in [6, 6.07) is 0.0755. The van der Waals surface area contributed by atoms with Crippen LogP contribution in [0.4, 0.5) is 0 Å². The van der Waals surface area contributed by atoms with E-state index in [9.17, 15) is 9.90 Å². The van der Waals surface area contributed by atoms with Crippen molar-refractivity contribution in [1.29, 1.82) is 0 Å². The van der Waals surface area contributed by atoms with Gasteiger partial charge in [0.2, 0.25) is 5.91 Å². The number of carbonyl (C=O) groups excluding carboxylic acids is 1. The molecule has 6 heteroatoms. The molecule has 0 aliphatic carbocycles. The minimum absolute atomic E-state index is 0.0467. The maximum Gasteiger partial charge on any atom is 0.222 e. The average molecular weight is 269 g/mol. The molecule has 0 aliphatic heterocycles. The van der Waals surface area contributed by atoms with Gasteiger partial charge in [0.15, 0.2) is 0 Å². The molecule has 19 heavy (non-hydrogen) atoms. The Labute approximate surface area is 113 Å². The summed E-state index contributed by atoms with van der Waals surface area (Å²) in [6.07, 6.45) is 7.45. The molecule has 0 saturated carbocycles. The quantitative estimate of drug-likeness (QED) is 0.640. The molecule has 1 rings (SSSR count). The fourth-order valence-corrected chi connectivity index (χ4v) is 1.81. The molecule has 0 bridgehead atoms. The lowest BCUT2D eigenvalue weighted by molar-refractivity contribution is -0.123. The summed E-state index contributed by atoms with van der Waals surface area (Å²) in [4.78, 5) is 15.8. The molecule has 3 N–H and O–H groups in total. The van der Waals surface area contributed by atoms with Crippen molar-refractivity contribution in [2.24, 2.45) is 0 Å². The van der Waals surface area contributed by atoms with Gasteiger partial charge >= 0.3 is 0 Å². The minimum Gasteiger partial charge on any atom is -0.393 e. The van der Waals surface area contributed by atoms with Crippen molar-refractivity contribution < 1.29 is 15.0 Å². The Balaban J connectivity index is 2.48. The van der Waals surface area contributed by atoms with E-state index in [1.807, 2.05) is 10.8 Å². The second-order valence-electron chi connectivity index (χ2n) is 5.09. The van der Waals surface area contributed by atoms with Gasteiger partial charge in [0.05, 0.1) is 12.9 Å². The lowest BCUT2D eigenvalue weighted by Crippen LogP contribution is -2.43. The Morgan fingerprint density at radius 1 is 1.58 bits per heavy atom. The van der Waals surface area contributed by atoms with Crippen LogP contribution in [0.2, 0.25) is 0 Å². The van der Waals surface area contributed by atoms with Crippen molar-refractivity contribution in [3.63, 3.8) is 0 Å². The zero-order valence-corrected chi connectivity index (χ0v) is 11.5. The lowest BCUT2D eigenvalue weighted by atomic mass is 10.1. The van der Waals surface area contributed by atoms with Gasteiger partial charge in [-0.15, -0.1) is 0 Å². The fourth-order valence-electron chi connectivity index (χ4n) is 1.81. The van der Waals surface area contributed by atoms with Gasteiger partial charge in [0.25, 0.3) is 0 Å². The van der Waals surface area contributed by atoms with Crippen LogP contribution in [0.25, 0.3) is 0 Å². The maximum absolute atomic E-state index is 11.8. The van der Waals surface area contributed by atoms with Crippen LogP contribution in [0.15, 0.2) is 18.7 Å². The number of hydrogen-bond donors (Lipinski definition) is 3. The number of imidazole rings is 1. The van der Waals surface area contributed by atoms with Crippen LogP contribution in [0, 0.1) is 0 Å². The lowest BCUT2D eigenvalue weighted by Gasteiger charge is -2.22. The molecular formula is C13H23N3O3. The Hall–Kier alpha value is -1.40. The number of aliphatic hydroxyl groups excluding tert-OH is 1. The normalized spacial score (nSPS) is 15.8. The third-order valence-corrected chi connectivity index (χ3v) is 3.00. The molecule has 0 spiro atoms. The van der Waals surface area contributed by atoms with E-state index in [-0.39, 0.29) is 25.1 Å². The fraction of sp³-hybridized carbons (Fsp3) is 0.692.